The third-order valence-corrected chi connectivity index (χ3v) is 10.2. The minimum absolute atomic E-state index is 0.104. The van der Waals surface area contributed by atoms with Gasteiger partial charge in [0.05, 0.1) is 18.2 Å². The van der Waals surface area contributed by atoms with E-state index in [9.17, 15) is 9.90 Å². The van der Waals surface area contributed by atoms with Crippen molar-refractivity contribution in [1.82, 2.24) is 5.32 Å². The van der Waals surface area contributed by atoms with Crippen LogP contribution in [0.2, 0.25) is 0 Å². The van der Waals surface area contributed by atoms with Crippen LogP contribution in [0.4, 0.5) is 0 Å². The summed E-state index contributed by atoms with van der Waals surface area (Å²) in [7, 11) is 0. The molecule has 32 heavy (non-hydrogen) atoms. The van der Waals surface area contributed by atoms with Crippen LogP contribution in [0.5, 0.6) is 0 Å². The molecule has 0 radical (unpaired) electrons. The maximum absolute atomic E-state index is 13.3. The summed E-state index contributed by atoms with van der Waals surface area (Å²) < 4.78 is 5.62. The number of nitrogens with one attached hydrogen (secondary N) is 1. The Balaban J connectivity index is 1.25. The molecule has 1 aliphatic heterocycles. The number of ether oxygens (including phenoxy) is 1. The predicted molar refractivity (Wildman–Crippen MR) is 126 cm³/mol. The van der Waals surface area contributed by atoms with Gasteiger partial charge in [-0.05, 0) is 106 Å². The van der Waals surface area contributed by atoms with Crippen LogP contribution in [0.1, 0.15) is 78.1 Å². The monoisotopic (exact) mass is 442 g/mol. The molecular weight excluding hydrogens is 400 g/mol. The molecule has 0 spiro atoms. The molecule has 4 aliphatic carbocycles. The fourth-order valence-electron chi connectivity index (χ4n) is 8.67. The van der Waals surface area contributed by atoms with E-state index in [1.54, 1.807) is 6.20 Å². The van der Waals surface area contributed by atoms with Crippen LogP contribution in [0, 0.1) is 40.9 Å². The number of amides is 1. The molecule has 0 bridgehead atoms. The van der Waals surface area contributed by atoms with Crippen molar-refractivity contribution in [3.63, 3.8) is 0 Å². The maximum Gasteiger partial charge on any atom is 0.224 e. The maximum atomic E-state index is 13.3. The minimum atomic E-state index is -0.609. The molecule has 5 nitrogen and oxygen atoms in total. The molecule has 0 aromatic rings. The van der Waals surface area contributed by atoms with Crippen molar-refractivity contribution in [2.24, 2.45) is 45.9 Å². The molecule has 5 aliphatic rings. The Hall–Kier alpha value is -1.20. The van der Waals surface area contributed by atoms with E-state index in [1.807, 2.05) is 19.2 Å². The van der Waals surface area contributed by atoms with Gasteiger partial charge in [0.2, 0.25) is 5.91 Å². The van der Waals surface area contributed by atoms with Gasteiger partial charge in [-0.25, -0.2) is 0 Å². The summed E-state index contributed by atoms with van der Waals surface area (Å²) in [5, 5.41) is 14.4. The number of carbonyl (C=O) groups is 1. The largest absolute Gasteiger partial charge is 0.387 e. The van der Waals surface area contributed by atoms with E-state index in [0.717, 1.165) is 49.9 Å². The van der Waals surface area contributed by atoms with Gasteiger partial charge in [-0.1, -0.05) is 6.92 Å². The SMILES string of the molecule is CCOC[C@@]1(O)CC[C@H]2[C@H](CC[C@@H]3[C@@H]2CC[C@]2(C)[C@@H](C(=O)NC4C=CN=CC4)CC[C@@H]32)C1. The summed E-state index contributed by atoms with van der Waals surface area (Å²) in [6.45, 7) is 5.62. The quantitative estimate of drug-likeness (QED) is 0.659. The lowest BCUT2D eigenvalue weighted by Crippen LogP contribution is -2.53. The molecule has 5 rings (SSSR count). The summed E-state index contributed by atoms with van der Waals surface area (Å²) in [6, 6.07) is 0.104. The zero-order chi connectivity index (χ0) is 22.3. The molecule has 0 aromatic carbocycles. The highest BCUT2D eigenvalue weighted by Gasteiger charge is 2.59. The van der Waals surface area contributed by atoms with Gasteiger partial charge in [0, 0.05) is 31.4 Å². The Bertz CT molecular complexity index is 766. The average molecular weight is 443 g/mol. The molecule has 1 amide bonds. The van der Waals surface area contributed by atoms with Crippen molar-refractivity contribution in [3.8, 4) is 0 Å². The highest BCUT2D eigenvalue weighted by Crippen LogP contribution is 2.64. The van der Waals surface area contributed by atoms with E-state index >= 15 is 0 Å². The predicted octanol–water partition coefficient (Wildman–Crippen LogP) is 4.50. The third kappa shape index (κ3) is 3.98. The van der Waals surface area contributed by atoms with Crippen LogP contribution in [0.15, 0.2) is 17.3 Å². The molecule has 0 saturated heterocycles. The first kappa shape index (κ1) is 22.6. The topological polar surface area (TPSA) is 70.9 Å². The van der Waals surface area contributed by atoms with E-state index in [4.69, 9.17) is 4.74 Å². The van der Waals surface area contributed by atoms with Gasteiger partial charge in [0.25, 0.3) is 0 Å². The van der Waals surface area contributed by atoms with Crippen molar-refractivity contribution in [2.45, 2.75) is 89.7 Å². The lowest BCUT2D eigenvalue weighted by molar-refractivity contribution is -0.139. The molecule has 0 aromatic heterocycles. The van der Waals surface area contributed by atoms with Crippen molar-refractivity contribution in [1.29, 1.82) is 0 Å². The van der Waals surface area contributed by atoms with Crippen LogP contribution in [0.3, 0.4) is 0 Å². The fourth-order valence-corrected chi connectivity index (χ4v) is 8.67. The molecular formula is C27H42N2O3. The number of fused-ring (bicyclic) bond motifs is 5. The van der Waals surface area contributed by atoms with Gasteiger partial charge in [0.15, 0.2) is 0 Å². The Morgan fingerprint density at radius 2 is 1.97 bits per heavy atom. The summed E-state index contributed by atoms with van der Waals surface area (Å²) in [5.74, 6) is 4.09. The van der Waals surface area contributed by atoms with Gasteiger partial charge in [0.1, 0.15) is 0 Å². The number of hydrogen-bond donors (Lipinski definition) is 2. The van der Waals surface area contributed by atoms with Gasteiger partial charge in [-0.2, -0.15) is 0 Å². The number of rotatable bonds is 5. The third-order valence-electron chi connectivity index (χ3n) is 10.2. The number of aliphatic hydroxyl groups is 1. The number of aliphatic imine (C=N–C) groups is 1. The van der Waals surface area contributed by atoms with E-state index < -0.39 is 5.60 Å². The van der Waals surface area contributed by atoms with Crippen molar-refractivity contribution in [2.75, 3.05) is 13.2 Å². The number of hydrogen-bond acceptors (Lipinski definition) is 4. The van der Waals surface area contributed by atoms with Crippen LogP contribution < -0.4 is 5.32 Å². The first-order valence-corrected chi connectivity index (χ1v) is 13.2. The standard InChI is InChI=1S/C27H42N2O3/c1-3-32-17-27(31)13-9-20-18(16-27)4-5-22-21(20)8-12-26(2)23(22)6-7-24(26)25(30)29-19-10-14-28-15-11-19/h10,14-15,18-24,31H,3-9,11-13,16-17H2,1-2H3,(H,29,30)/t18-,19?,20+,21-,22-,23+,24-,26+,27-/m1/s1. The second-order valence-electron chi connectivity index (χ2n) is 11.7. The molecule has 5 heteroatoms. The second kappa shape index (κ2) is 8.87. The smallest absolute Gasteiger partial charge is 0.224 e. The Morgan fingerprint density at radius 3 is 2.75 bits per heavy atom. The van der Waals surface area contributed by atoms with Crippen LogP contribution in [0.25, 0.3) is 0 Å². The summed E-state index contributed by atoms with van der Waals surface area (Å²) in [6.07, 6.45) is 16.7. The Kier molecular flexibility index (Phi) is 6.26. The first-order chi connectivity index (χ1) is 15.4. The van der Waals surface area contributed by atoms with Crippen molar-refractivity contribution in [3.05, 3.63) is 12.3 Å². The Labute approximate surface area is 193 Å². The van der Waals surface area contributed by atoms with Gasteiger partial charge in [-0.15, -0.1) is 0 Å². The molecule has 4 fully saturated rings. The van der Waals surface area contributed by atoms with Gasteiger partial charge < -0.3 is 15.2 Å². The minimum Gasteiger partial charge on any atom is -0.387 e. The molecule has 1 heterocycles. The molecule has 178 valence electrons. The lowest BCUT2D eigenvalue weighted by atomic mass is 9.49. The summed E-state index contributed by atoms with van der Waals surface area (Å²) in [4.78, 5) is 17.4. The number of nitrogens with zero attached hydrogens (tertiary/aromatic N) is 1. The van der Waals surface area contributed by atoms with Gasteiger partial charge >= 0.3 is 0 Å². The average Bonchev–Trinajstić information content (AvgIpc) is 3.15. The molecule has 2 N–H and O–H groups in total. The fraction of sp³-hybridized carbons (Fsp3) is 0.852. The highest BCUT2D eigenvalue weighted by molar-refractivity contribution is 5.81. The van der Waals surface area contributed by atoms with Gasteiger partial charge in [-0.3, -0.25) is 9.79 Å². The summed E-state index contributed by atoms with van der Waals surface area (Å²) >= 11 is 0. The van der Waals surface area contributed by atoms with Crippen LogP contribution in [-0.2, 0) is 9.53 Å². The van der Waals surface area contributed by atoms with E-state index in [2.05, 4.69) is 17.2 Å². The first-order valence-electron chi connectivity index (χ1n) is 13.2. The summed E-state index contributed by atoms with van der Waals surface area (Å²) in [5.41, 5.74) is -0.461. The molecule has 1 unspecified atom stereocenters. The van der Waals surface area contributed by atoms with Crippen LogP contribution in [-0.4, -0.2) is 42.1 Å². The van der Waals surface area contributed by atoms with Crippen LogP contribution >= 0.6 is 0 Å². The zero-order valence-electron chi connectivity index (χ0n) is 20.0. The van der Waals surface area contributed by atoms with E-state index in [1.165, 1.54) is 32.1 Å². The number of carbonyl (C=O) groups excluding carboxylic acids is 1. The molecule has 4 saturated carbocycles. The second-order valence-corrected chi connectivity index (χ2v) is 11.7. The Morgan fingerprint density at radius 1 is 1.12 bits per heavy atom. The van der Waals surface area contributed by atoms with Crippen molar-refractivity contribution >= 4 is 12.1 Å². The lowest BCUT2D eigenvalue weighted by Gasteiger charge is -2.57. The molecule has 9 atom stereocenters. The highest BCUT2D eigenvalue weighted by atomic mass is 16.5. The zero-order valence-corrected chi connectivity index (χ0v) is 20.0. The van der Waals surface area contributed by atoms with Crippen molar-refractivity contribution < 1.29 is 14.6 Å². The normalized spacial score (nSPS) is 47.4. The van der Waals surface area contributed by atoms with E-state index in [-0.39, 0.29) is 23.3 Å². The van der Waals surface area contributed by atoms with E-state index in [0.29, 0.717) is 25.0 Å².